The zero-order valence-corrected chi connectivity index (χ0v) is 22.6. The Bertz CT molecular complexity index is 1580. The van der Waals surface area contributed by atoms with Gasteiger partial charge < -0.3 is 25.4 Å². The van der Waals surface area contributed by atoms with Crippen LogP contribution in [0.3, 0.4) is 0 Å². The Labute approximate surface area is 232 Å². The number of amides is 1. The number of aromatic amines is 1. The fourth-order valence-corrected chi connectivity index (χ4v) is 5.22. The smallest absolute Gasteiger partial charge is 0.247 e. The van der Waals surface area contributed by atoms with Crippen molar-refractivity contribution in [3.05, 3.63) is 72.0 Å². The normalized spacial score (nSPS) is 13.9. The van der Waals surface area contributed by atoms with E-state index < -0.39 is 0 Å². The number of hydrogen-bond donors (Lipinski definition) is 3. The molecule has 1 amide bonds. The van der Waals surface area contributed by atoms with Crippen LogP contribution < -0.4 is 15.5 Å². The molecule has 3 N–H and O–H groups in total. The highest BCUT2D eigenvalue weighted by Gasteiger charge is 2.24. The molecule has 3 heterocycles. The number of H-pyrrole nitrogens is 1. The van der Waals surface area contributed by atoms with Crippen molar-refractivity contribution >= 4 is 51.4 Å². The molecule has 0 unspecified atom stereocenters. The molecular weight excluding hydrogens is 512 g/mol. The van der Waals surface area contributed by atoms with Crippen molar-refractivity contribution in [3.63, 3.8) is 0 Å². The first-order chi connectivity index (χ1) is 18.9. The molecule has 0 radical (unpaired) electrons. The van der Waals surface area contributed by atoms with Gasteiger partial charge in [-0.05, 0) is 51.2 Å². The summed E-state index contributed by atoms with van der Waals surface area (Å²) in [4.78, 5) is 29.1. The number of rotatable bonds is 7. The summed E-state index contributed by atoms with van der Waals surface area (Å²) in [6.07, 6.45) is 6.58. The van der Waals surface area contributed by atoms with Crippen LogP contribution in [0.2, 0.25) is 5.02 Å². The lowest BCUT2D eigenvalue weighted by Gasteiger charge is -2.37. The lowest BCUT2D eigenvalue weighted by molar-refractivity contribution is -0.111. The average molecular weight is 541 g/mol. The van der Waals surface area contributed by atoms with Crippen LogP contribution >= 0.6 is 11.6 Å². The van der Waals surface area contributed by atoms with Crippen LogP contribution in [0, 0.1) is 11.3 Å². The van der Waals surface area contributed by atoms with Gasteiger partial charge in [-0.25, -0.2) is 9.97 Å². The largest absolute Gasteiger partial charge is 0.370 e. The Morgan fingerprint density at radius 1 is 1.26 bits per heavy atom. The fourth-order valence-electron chi connectivity index (χ4n) is 4.93. The molecule has 4 aromatic rings. The molecule has 0 atom stereocenters. The van der Waals surface area contributed by atoms with Crippen molar-refractivity contribution in [3.8, 4) is 17.3 Å². The second-order valence-electron chi connectivity index (χ2n) is 9.67. The number of carbonyl (C=O) groups excluding carboxylic acids is 1. The zero-order chi connectivity index (χ0) is 27.5. The van der Waals surface area contributed by atoms with Gasteiger partial charge in [0, 0.05) is 41.8 Å². The summed E-state index contributed by atoms with van der Waals surface area (Å²) in [7, 11) is 4.21. The molecule has 0 spiro atoms. The lowest BCUT2D eigenvalue weighted by Crippen LogP contribution is -2.42. The van der Waals surface area contributed by atoms with Crippen LogP contribution in [0.15, 0.2) is 61.4 Å². The predicted octanol–water partition coefficient (Wildman–Crippen LogP) is 5.55. The van der Waals surface area contributed by atoms with Crippen LogP contribution in [0.1, 0.15) is 18.4 Å². The lowest BCUT2D eigenvalue weighted by atomic mass is 10.0. The van der Waals surface area contributed by atoms with Gasteiger partial charge in [0.15, 0.2) is 0 Å². The molecule has 5 rings (SSSR count). The van der Waals surface area contributed by atoms with E-state index in [0.29, 0.717) is 33.7 Å². The molecule has 1 fully saturated rings. The zero-order valence-electron chi connectivity index (χ0n) is 21.8. The molecular formula is C29H29ClN8O. The van der Waals surface area contributed by atoms with E-state index >= 15 is 0 Å². The molecule has 2 aromatic carbocycles. The van der Waals surface area contributed by atoms with Crippen LogP contribution in [0.25, 0.3) is 22.2 Å². The third-order valence-corrected chi connectivity index (χ3v) is 7.37. The molecule has 39 heavy (non-hydrogen) atoms. The Morgan fingerprint density at radius 2 is 2.03 bits per heavy atom. The summed E-state index contributed by atoms with van der Waals surface area (Å²) in [5, 5.41) is 17.3. The molecule has 0 aliphatic carbocycles. The van der Waals surface area contributed by atoms with E-state index in [1.165, 1.54) is 12.3 Å². The van der Waals surface area contributed by atoms with Crippen molar-refractivity contribution in [1.82, 2.24) is 19.9 Å². The highest BCUT2D eigenvalue weighted by atomic mass is 35.5. The maximum absolute atomic E-state index is 12.3. The third kappa shape index (κ3) is 5.43. The molecule has 1 aliphatic rings. The minimum Gasteiger partial charge on any atom is -0.370 e. The highest BCUT2D eigenvalue weighted by molar-refractivity contribution is 6.34. The maximum Gasteiger partial charge on any atom is 0.247 e. The summed E-state index contributed by atoms with van der Waals surface area (Å²) in [6, 6.07) is 14.2. The molecule has 198 valence electrons. The SMILES string of the molecule is C=CC(=O)Nc1cc(N2CCC(N(C)C)CC2)c(Cl)cc1Nc1ncc(C#N)c(-c2c[nH]c3ccccc23)n1. The van der Waals surface area contributed by atoms with Gasteiger partial charge in [-0.3, -0.25) is 4.79 Å². The van der Waals surface area contributed by atoms with Gasteiger partial charge in [0.25, 0.3) is 0 Å². The molecule has 1 aliphatic heterocycles. The number of nitriles is 1. The number of fused-ring (bicyclic) bond motifs is 1. The number of aromatic nitrogens is 3. The standard InChI is InChI=1S/C29H29ClN8O/c1-4-27(39)34-25-14-26(38-11-9-19(10-12-38)37(2)3)22(30)13-24(25)35-29-33-16-18(15-31)28(36-29)21-17-32-23-8-6-5-7-20(21)23/h4-8,13-14,16-17,19,32H,1,9-12H2,2-3H3,(H,34,39)(H,33,35,36). The first-order valence-corrected chi connectivity index (χ1v) is 13.0. The van der Waals surface area contributed by atoms with Gasteiger partial charge in [0.1, 0.15) is 6.07 Å². The number of nitrogens with one attached hydrogen (secondary N) is 3. The van der Waals surface area contributed by atoms with Crippen molar-refractivity contribution in [2.45, 2.75) is 18.9 Å². The minimum absolute atomic E-state index is 0.263. The van der Waals surface area contributed by atoms with Gasteiger partial charge in [-0.1, -0.05) is 36.4 Å². The van der Waals surface area contributed by atoms with Gasteiger partial charge >= 0.3 is 0 Å². The summed E-state index contributed by atoms with van der Waals surface area (Å²) in [6.45, 7) is 5.29. The second-order valence-corrected chi connectivity index (χ2v) is 10.1. The molecule has 0 saturated carbocycles. The van der Waals surface area contributed by atoms with E-state index in [9.17, 15) is 10.1 Å². The van der Waals surface area contributed by atoms with E-state index in [0.717, 1.165) is 48.1 Å². The fraction of sp³-hybridized carbons (Fsp3) is 0.241. The third-order valence-electron chi connectivity index (χ3n) is 7.07. The number of hydrogen-bond acceptors (Lipinski definition) is 7. The summed E-state index contributed by atoms with van der Waals surface area (Å²) in [5.41, 5.74) is 4.47. The summed E-state index contributed by atoms with van der Waals surface area (Å²) in [5.74, 6) is -0.0862. The van der Waals surface area contributed by atoms with Crippen LogP contribution in [0.5, 0.6) is 0 Å². The number of para-hydroxylation sites is 1. The predicted molar refractivity (Wildman–Crippen MR) is 157 cm³/mol. The Morgan fingerprint density at radius 3 is 2.74 bits per heavy atom. The Balaban J connectivity index is 1.50. The molecule has 10 heteroatoms. The van der Waals surface area contributed by atoms with E-state index in [1.54, 1.807) is 6.07 Å². The number of halogens is 1. The van der Waals surface area contributed by atoms with Crippen LogP contribution in [-0.2, 0) is 4.79 Å². The van der Waals surface area contributed by atoms with Crippen molar-refractivity contribution in [2.75, 3.05) is 42.7 Å². The van der Waals surface area contributed by atoms with Crippen molar-refractivity contribution < 1.29 is 4.79 Å². The molecule has 2 aromatic heterocycles. The molecule has 1 saturated heterocycles. The highest BCUT2D eigenvalue weighted by Crippen LogP contribution is 2.38. The molecule has 0 bridgehead atoms. The first-order valence-electron chi connectivity index (χ1n) is 12.7. The number of carbonyl (C=O) groups is 1. The quantitative estimate of drug-likeness (QED) is 0.263. The number of anilines is 4. The summed E-state index contributed by atoms with van der Waals surface area (Å²) >= 11 is 6.78. The van der Waals surface area contributed by atoms with Crippen molar-refractivity contribution in [1.29, 1.82) is 5.26 Å². The van der Waals surface area contributed by atoms with Gasteiger partial charge in [0.2, 0.25) is 11.9 Å². The topological polar surface area (TPSA) is 113 Å². The number of piperidine rings is 1. The maximum atomic E-state index is 12.3. The van der Waals surface area contributed by atoms with Crippen molar-refractivity contribution in [2.24, 2.45) is 0 Å². The van der Waals surface area contributed by atoms with Crippen LogP contribution in [0.4, 0.5) is 23.0 Å². The number of nitrogens with zero attached hydrogens (tertiary/aromatic N) is 5. The first kappa shape index (κ1) is 26.2. The number of benzene rings is 2. The minimum atomic E-state index is -0.349. The Kier molecular flexibility index (Phi) is 7.50. The van der Waals surface area contributed by atoms with Gasteiger partial charge in [-0.2, -0.15) is 5.26 Å². The average Bonchev–Trinajstić information content (AvgIpc) is 3.38. The Hall–Kier alpha value is -4.39. The van der Waals surface area contributed by atoms with Gasteiger partial charge in [-0.15, -0.1) is 0 Å². The summed E-state index contributed by atoms with van der Waals surface area (Å²) < 4.78 is 0. The van der Waals surface area contributed by atoms with E-state index in [-0.39, 0.29) is 11.9 Å². The monoisotopic (exact) mass is 540 g/mol. The second kappa shape index (κ2) is 11.2. The van der Waals surface area contributed by atoms with E-state index in [2.05, 4.69) is 62.1 Å². The van der Waals surface area contributed by atoms with E-state index in [4.69, 9.17) is 11.6 Å². The van der Waals surface area contributed by atoms with E-state index in [1.807, 2.05) is 36.5 Å². The molecule has 9 nitrogen and oxygen atoms in total. The van der Waals surface area contributed by atoms with Gasteiger partial charge in [0.05, 0.1) is 39.5 Å². The van der Waals surface area contributed by atoms with Crippen LogP contribution in [-0.4, -0.2) is 59.0 Å².